The highest BCUT2D eigenvalue weighted by atomic mass is 32.1. The lowest BCUT2D eigenvalue weighted by Crippen LogP contribution is -2.53. The van der Waals surface area contributed by atoms with Gasteiger partial charge in [0.05, 0.1) is 11.5 Å². The molecular formula is C24H30FN3O2S. The highest BCUT2D eigenvalue weighted by Gasteiger charge is 2.39. The summed E-state index contributed by atoms with van der Waals surface area (Å²) in [6, 6.07) is 13.2. The Morgan fingerprint density at radius 3 is 2.48 bits per heavy atom. The summed E-state index contributed by atoms with van der Waals surface area (Å²) in [7, 11) is 0. The molecule has 1 aromatic heterocycles. The van der Waals surface area contributed by atoms with Gasteiger partial charge in [-0.05, 0) is 61.4 Å². The average molecular weight is 444 g/mol. The van der Waals surface area contributed by atoms with Gasteiger partial charge in [0.2, 0.25) is 0 Å². The Morgan fingerprint density at radius 1 is 1.16 bits per heavy atom. The summed E-state index contributed by atoms with van der Waals surface area (Å²) in [5, 5.41) is 22.2. The van der Waals surface area contributed by atoms with Gasteiger partial charge in [-0.25, -0.2) is 4.39 Å². The summed E-state index contributed by atoms with van der Waals surface area (Å²) in [5.41, 5.74) is -0.291. The molecular weight excluding hydrogens is 413 g/mol. The van der Waals surface area contributed by atoms with Crippen molar-refractivity contribution in [2.45, 2.75) is 43.2 Å². The van der Waals surface area contributed by atoms with E-state index in [0.29, 0.717) is 18.3 Å². The quantitative estimate of drug-likeness (QED) is 0.708. The number of rotatable bonds is 7. The van der Waals surface area contributed by atoms with Crippen LogP contribution >= 0.6 is 11.3 Å². The minimum Gasteiger partial charge on any atom is -0.491 e. The number of nitriles is 1. The molecule has 2 aromatic rings. The van der Waals surface area contributed by atoms with E-state index in [1.807, 2.05) is 6.07 Å². The van der Waals surface area contributed by atoms with E-state index in [-0.39, 0.29) is 17.8 Å². The van der Waals surface area contributed by atoms with E-state index in [9.17, 15) is 14.8 Å². The monoisotopic (exact) mass is 443 g/mol. The molecule has 1 aliphatic carbocycles. The Balaban J connectivity index is 1.19. The first-order chi connectivity index (χ1) is 15.1. The Morgan fingerprint density at radius 2 is 1.87 bits per heavy atom. The Kier molecular flexibility index (Phi) is 7.24. The van der Waals surface area contributed by atoms with Gasteiger partial charge < -0.3 is 9.84 Å². The van der Waals surface area contributed by atoms with Gasteiger partial charge in [0, 0.05) is 43.6 Å². The summed E-state index contributed by atoms with van der Waals surface area (Å²) in [4.78, 5) is 6.06. The lowest BCUT2D eigenvalue weighted by Gasteiger charge is -2.43. The number of thiophene rings is 1. The van der Waals surface area contributed by atoms with Gasteiger partial charge in [0.1, 0.15) is 24.3 Å². The molecule has 1 saturated heterocycles. The Labute approximate surface area is 187 Å². The van der Waals surface area contributed by atoms with Crippen LogP contribution in [0.5, 0.6) is 5.75 Å². The number of hydrogen-bond acceptors (Lipinski definition) is 6. The number of nitrogens with zero attached hydrogens (tertiary/aromatic N) is 3. The van der Waals surface area contributed by atoms with Crippen molar-refractivity contribution in [3.05, 3.63) is 52.5 Å². The van der Waals surface area contributed by atoms with E-state index >= 15 is 0 Å². The Hall–Kier alpha value is -1.98. The van der Waals surface area contributed by atoms with Crippen LogP contribution in [0.3, 0.4) is 0 Å². The number of ether oxygens (including phenoxy) is 1. The molecule has 1 saturated carbocycles. The minimum absolute atomic E-state index is 0.202. The Bertz CT molecular complexity index is 852. The van der Waals surface area contributed by atoms with Gasteiger partial charge in [0.25, 0.3) is 0 Å². The molecule has 2 aliphatic rings. The molecule has 0 spiro atoms. The maximum Gasteiger partial charge on any atom is 0.123 e. The third-order valence-electron chi connectivity index (χ3n) is 6.66. The SMILES string of the molecule is N#CC1(c2cccs2)CCC(N2CCN(CC(O)COc3ccc(F)cc3)CC2)CC1. The summed E-state index contributed by atoms with van der Waals surface area (Å²) in [6.45, 7) is 4.63. The van der Waals surface area contributed by atoms with Crippen LogP contribution in [0, 0.1) is 17.1 Å². The molecule has 7 heteroatoms. The van der Waals surface area contributed by atoms with Gasteiger partial charge in [-0.3, -0.25) is 9.80 Å². The first-order valence-corrected chi connectivity index (χ1v) is 11.9. The second-order valence-corrected chi connectivity index (χ2v) is 9.61. The van der Waals surface area contributed by atoms with Crippen LogP contribution < -0.4 is 4.74 Å². The second-order valence-electron chi connectivity index (χ2n) is 8.66. The van der Waals surface area contributed by atoms with Crippen molar-refractivity contribution in [1.29, 1.82) is 5.26 Å². The number of aliphatic hydroxyl groups is 1. The summed E-state index contributed by atoms with van der Waals surface area (Å²) >= 11 is 1.71. The van der Waals surface area contributed by atoms with Gasteiger partial charge >= 0.3 is 0 Å². The molecule has 2 fully saturated rings. The number of halogens is 1. The van der Waals surface area contributed by atoms with Gasteiger partial charge in [0.15, 0.2) is 0 Å². The van der Waals surface area contributed by atoms with Crippen LogP contribution in [-0.4, -0.2) is 66.4 Å². The van der Waals surface area contributed by atoms with Crippen LogP contribution in [0.1, 0.15) is 30.6 Å². The predicted molar refractivity (Wildman–Crippen MR) is 120 cm³/mol. The summed E-state index contributed by atoms with van der Waals surface area (Å²) in [6.07, 6.45) is 3.44. The van der Waals surface area contributed by atoms with Gasteiger partial charge in [-0.15, -0.1) is 11.3 Å². The fourth-order valence-electron chi connectivity index (χ4n) is 4.81. The van der Waals surface area contributed by atoms with E-state index in [1.165, 1.54) is 17.0 Å². The highest BCUT2D eigenvalue weighted by molar-refractivity contribution is 7.10. The third-order valence-corrected chi connectivity index (χ3v) is 7.74. The molecule has 1 aliphatic heterocycles. The summed E-state index contributed by atoms with van der Waals surface area (Å²) in [5.74, 6) is 0.270. The second kappa shape index (κ2) is 10.1. The maximum absolute atomic E-state index is 13.0. The number of piperazine rings is 1. The number of aliphatic hydroxyl groups excluding tert-OH is 1. The molecule has 2 heterocycles. The number of benzene rings is 1. The van der Waals surface area contributed by atoms with E-state index in [0.717, 1.165) is 51.9 Å². The molecule has 1 aromatic carbocycles. The first kappa shape index (κ1) is 22.2. The van der Waals surface area contributed by atoms with Gasteiger partial charge in [-0.1, -0.05) is 6.07 Å². The fraction of sp³-hybridized carbons (Fsp3) is 0.542. The lowest BCUT2D eigenvalue weighted by molar-refractivity contribution is 0.0287. The summed E-state index contributed by atoms with van der Waals surface area (Å²) < 4.78 is 18.5. The van der Waals surface area contributed by atoms with Crippen LogP contribution in [0.15, 0.2) is 41.8 Å². The zero-order valence-corrected chi connectivity index (χ0v) is 18.6. The first-order valence-electron chi connectivity index (χ1n) is 11.1. The maximum atomic E-state index is 13.0. The minimum atomic E-state index is -0.576. The molecule has 5 nitrogen and oxygen atoms in total. The van der Waals surface area contributed by atoms with Crippen LogP contribution in [0.2, 0.25) is 0 Å². The molecule has 4 rings (SSSR count). The fourth-order valence-corrected chi connectivity index (χ4v) is 5.75. The molecule has 1 unspecified atom stereocenters. The number of β-amino-alcohol motifs (C(OH)–C–C–N with tert-alkyl or cyclic N) is 1. The largest absolute Gasteiger partial charge is 0.491 e. The van der Waals surface area contributed by atoms with Crippen molar-refractivity contribution in [2.24, 2.45) is 0 Å². The van der Waals surface area contributed by atoms with Crippen molar-refractivity contribution in [2.75, 3.05) is 39.3 Å². The van der Waals surface area contributed by atoms with Crippen molar-refractivity contribution in [1.82, 2.24) is 9.80 Å². The molecule has 166 valence electrons. The van der Waals surface area contributed by atoms with E-state index < -0.39 is 6.10 Å². The van der Waals surface area contributed by atoms with Gasteiger partial charge in [-0.2, -0.15) is 5.26 Å². The van der Waals surface area contributed by atoms with E-state index in [4.69, 9.17) is 4.74 Å². The lowest BCUT2D eigenvalue weighted by atomic mass is 9.72. The van der Waals surface area contributed by atoms with E-state index in [1.54, 1.807) is 23.5 Å². The average Bonchev–Trinajstić information content (AvgIpc) is 3.35. The van der Waals surface area contributed by atoms with Crippen molar-refractivity contribution in [3.63, 3.8) is 0 Å². The van der Waals surface area contributed by atoms with Crippen LogP contribution in [0.25, 0.3) is 0 Å². The topological polar surface area (TPSA) is 59.7 Å². The third kappa shape index (κ3) is 5.45. The smallest absolute Gasteiger partial charge is 0.123 e. The highest BCUT2D eigenvalue weighted by Crippen LogP contribution is 2.42. The van der Waals surface area contributed by atoms with E-state index in [2.05, 4.69) is 27.3 Å². The molecule has 1 atom stereocenters. The van der Waals surface area contributed by atoms with Crippen molar-refractivity contribution >= 4 is 11.3 Å². The zero-order valence-electron chi connectivity index (χ0n) is 17.8. The molecule has 31 heavy (non-hydrogen) atoms. The molecule has 0 bridgehead atoms. The van der Waals surface area contributed by atoms with Crippen LogP contribution in [0.4, 0.5) is 4.39 Å². The predicted octanol–water partition coefficient (Wildman–Crippen LogP) is 3.65. The van der Waals surface area contributed by atoms with Crippen LogP contribution in [-0.2, 0) is 5.41 Å². The number of hydrogen-bond donors (Lipinski definition) is 1. The standard InChI is InChI=1S/C24H30FN3O2S/c25-19-3-5-22(6-4-19)30-17-21(29)16-27-11-13-28(14-12-27)20-7-9-24(18-26,10-8-20)23-2-1-15-31-23/h1-6,15,20-21,29H,7-14,16-17H2. The molecule has 1 N–H and O–H groups in total. The zero-order chi connectivity index (χ0) is 21.7. The van der Waals surface area contributed by atoms with Crippen molar-refractivity contribution in [3.8, 4) is 11.8 Å². The normalized spacial score (nSPS) is 26.3. The molecule has 0 amide bonds. The molecule has 0 radical (unpaired) electrons. The van der Waals surface area contributed by atoms with Crippen molar-refractivity contribution < 1.29 is 14.2 Å².